The van der Waals surface area contributed by atoms with Crippen molar-refractivity contribution in [3.05, 3.63) is 60.8 Å². The van der Waals surface area contributed by atoms with Crippen molar-refractivity contribution in [1.82, 2.24) is 4.98 Å². The molecule has 0 atom stereocenters. The van der Waals surface area contributed by atoms with Crippen molar-refractivity contribution in [3.8, 4) is 11.5 Å². The molecule has 0 aliphatic carbocycles. The predicted octanol–water partition coefficient (Wildman–Crippen LogP) is 3.63. The second-order valence-corrected chi connectivity index (χ2v) is 4.21. The van der Waals surface area contributed by atoms with E-state index < -0.39 is 0 Å². The summed E-state index contributed by atoms with van der Waals surface area (Å²) >= 11 is 0. The average Bonchev–Trinajstić information content (AvgIpc) is 2.96. The maximum Gasteiger partial charge on any atom is 0.161 e. The fourth-order valence-electron chi connectivity index (χ4n) is 1.99. The van der Waals surface area contributed by atoms with Gasteiger partial charge in [0.15, 0.2) is 11.5 Å². The summed E-state index contributed by atoms with van der Waals surface area (Å²) in [5.74, 6) is 1.71. The molecule has 2 aromatic carbocycles. The van der Waals surface area contributed by atoms with E-state index in [4.69, 9.17) is 9.47 Å². The zero-order valence-electron chi connectivity index (χ0n) is 10.5. The Balaban J connectivity index is 0.000000117. The lowest BCUT2D eigenvalue weighted by molar-refractivity contribution is 0.171. The van der Waals surface area contributed by atoms with Crippen molar-refractivity contribution in [3.63, 3.8) is 0 Å². The maximum atomic E-state index is 5.30. The fourth-order valence-corrected chi connectivity index (χ4v) is 1.99. The number of H-pyrrole nitrogens is 1. The van der Waals surface area contributed by atoms with Crippen LogP contribution >= 0.6 is 0 Å². The molecule has 19 heavy (non-hydrogen) atoms. The number of nitrogens with one attached hydrogen (secondary N) is 1. The summed E-state index contributed by atoms with van der Waals surface area (Å²) in [7, 11) is 0. The molecule has 2 heterocycles. The van der Waals surface area contributed by atoms with Crippen LogP contribution < -0.4 is 9.47 Å². The van der Waals surface area contributed by atoms with Crippen molar-refractivity contribution < 1.29 is 9.47 Å². The highest BCUT2D eigenvalue weighted by molar-refractivity contribution is 5.78. The number of benzene rings is 2. The molecule has 3 heteroatoms. The highest BCUT2D eigenvalue weighted by Crippen LogP contribution is 2.28. The van der Waals surface area contributed by atoms with E-state index in [-0.39, 0.29) is 0 Å². The van der Waals surface area contributed by atoms with Crippen LogP contribution in [0, 0.1) is 0 Å². The Morgan fingerprint density at radius 2 is 1.37 bits per heavy atom. The third-order valence-electron chi connectivity index (χ3n) is 2.91. The summed E-state index contributed by atoms with van der Waals surface area (Å²) in [6.45, 7) is 1.33. The van der Waals surface area contributed by atoms with Gasteiger partial charge in [-0.2, -0.15) is 0 Å². The zero-order chi connectivity index (χ0) is 12.9. The lowest BCUT2D eigenvalue weighted by atomic mass is 10.3. The molecule has 96 valence electrons. The summed E-state index contributed by atoms with van der Waals surface area (Å²) in [5.41, 5.74) is 1.21. The Morgan fingerprint density at radius 1 is 0.737 bits per heavy atom. The molecule has 1 aliphatic heterocycles. The lowest BCUT2D eigenvalue weighted by Crippen LogP contribution is -2.14. The van der Waals surface area contributed by atoms with E-state index in [9.17, 15) is 0 Å². The van der Waals surface area contributed by atoms with Gasteiger partial charge < -0.3 is 14.5 Å². The van der Waals surface area contributed by atoms with E-state index in [2.05, 4.69) is 23.2 Å². The van der Waals surface area contributed by atoms with Gasteiger partial charge in [-0.15, -0.1) is 0 Å². The molecule has 1 aromatic heterocycles. The molecule has 4 rings (SSSR count). The molecule has 0 saturated heterocycles. The number of aromatic amines is 1. The second kappa shape index (κ2) is 5.48. The molecule has 1 N–H and O–H groups in total. The van der Waals surface area contributed by atoms with Crippen LogP contribution in [0.4, 0.5) is 0 Å². The molecular weight excluding hydrogens is 238 g/mol. The quantitative estimate of drug-likeness (QED) is 0.664. The van der Waals surface area contributed by atoms with Crippen LogP contribution in [0.1, 0.15) is 0 Å². The smallest absolute Gasteiger partial charge is 0.161 e. The Hall–Kier alpha value is -2.42. The number of hydrogen-bond acceptors (Lipinski definition) is 2. The molecule has 1 aliphatic rings. The van der Waals surface area contributed by atoms with Gasteiger partial charge in [-0.25, -0.2) is 0 Å². The summed E-state index contributed by atoms with van der Waals surface area (Å²) in [5, 5.41) is 1.28. The Labute approximate surface area is 111 Å². The van der Waals surface area contributed by atoms with Crippen molar-refractivity contribution in [2.75, 3.05) is 13.2 Å². The minimum absolute atomic E-state index is 0.664. The standard InChI is InChI=1S/C8H7N.C8H8O2/c1-2-4-8-7(3-1)5-6-9-8;1-2-4-8-7(3-1)9-5-6-10-8/h1-6,9H;1-4H,5-6H2. The molecule has 0 radical (unpaired) electrons. The number of rotatable bonds is 0. The van der Waals surface area contributed by atoms with Gasteiger partial charge in [0, 0.05) is 11.7 Å². The molecule has 3 aromatic rings. The Bertz CT molecular complexity index is 605. The van der Waals surface area contributed by atoms with Crippen LogP contribution in [-0.2, 0) is 0 Å². The van der Waals surface area contributed by atoms with Gasteiger partial charge in [0.25, 0.3) is 0 Å². The highest BCUT2D eigenvalue weighted by atomic mass is 16.6. The van der Waals surface area contributed by atoms with Crippen LogP contribution in [-0.4, -0.2) is 18.2 Å². The first kappa shape index (κ1) is 11.7. The molecule has 0 spiro atoms. The third kappa shape index (κ3) is 2.71. The summed E-state index contributed by atoms with van der Waals surface area (Å²) in [6, 6.07) is 18.0. The number of ether oxygens (including phenoxy) is 2. The summed E-state index contributed by atoms with van der Waals surface area (Å²) in [6.07, 6.45) is 1.95. The maximum absolute atomic E-state index is 5.30. The van der Waals surface area contributed by atoms with Gasteiger partial charge in [-0.05, 0) is 29.7 Å². The summed E-state index contributed by atoms with van der Waals surface area (Å²) in [4.78, 5) is 3.12. The van der Waals surface area contributed by atoms with Gasteiger partial charge in [-0.3, -0.25) is 0 Å². The van der Waals surface area contributed by atoms with Crippen LogP contribution in [0.25, 0.3) is 10.9 Å². The highest BCUT2D eigenvalue weighted by Gasteiger charge is 2.07. The van der Waals surface area contributed by atoms with Crippen LogP contribution in [0.3, 0.4) is 0 Å². The van der Waals surface area contributed by atoms with Gasteiger partial charge in [0.05, 0.1) is 0 Å². The number of aromatic nitrogens is 1. The topological polar surface area (TPSA) is 34.2 Å². The van der Waals surface area contributed by atoms with Gasteiger partial charge in [0.2, 0.25) is 0 Å². The van der Waals surface area contributed by atoms with Crippen molar-refractivity contribution in [1.29, 1.82) is 0 Å². The van der Waals surface area contributed by atoms with E-state index in [1.807, 2.05) is 42.6 Å². The third-order valence-corrected chi connectivity index (χ3v) is 2.91. The van der Waals surface area contributed by atoms with Crippen LogP contribution in [0.5, 0.6) is 11.5 Å². The molecule has 3 nitrogen and oxygen atoms in total. The summed E-state index contributed by atoms with van der Waals surface area (Å²) < 4.78 is 10.6. The molecule has 0 bridgehead atoms. The Kier molecular flexibility index (Phi) is 3.36. The zero-order valence-corrected chi connectivity index (χ0v) is 10.5. The van der Waals surface area contributed by atoms with Crippen molar-refractivity contribution >= 4 is 10.9 Å². The van der Waals surface area contributed by atoms with E-state index >= 15 is 0 Å². The Morgan fingerprint density at radius 3 is 2.05 bits per heavy atom. The normalized spacial score (nSPS) is 12.6. The van der Waals surface area contributed by atoms with E-state index in [1.54, 1.807) is 0 Å². The van der Waals surface area contributed by atoms with Crippen LogP contribution in [0.15, 0.2) is 60.8 Å². The first-order chi connectivity index (χ1) is 9.43. The minimum Gasteiger partial charge on any atom is -0.486 e. The second-order valence-electron chi connectivity index (χ2n) is 4.21. The number of hydrogen-bond donors (Lipinski definition) is 1. The van der Waals surface area contributed by atoms with Gasteiger partial charge in [-0.1, -0.05) is 30.3 Å². The van der Waals surface area contributed by atoms with Crippen molar-refractivity contribution in [2.24, 2.45) is 0 Å². The molecule has 0 amide bonds. The number of fused-ring (bicyclic) bond motifs is 2. The first-order valence-corrected chi connectivity index (χ1v) is 6.30. The van der Waals surface area contributed by atoms with Crippen LogP contribution in [0.2, 0.25) is 0 Å². The molecule has 0 fully saturated rings. The molecular formula is C16H15NO2. The number of para-hydroxylation sites is 3. The minimum atomic E-state index is 0.664. The lowest BCUT2D eigenvalue weighted by Gasteiger charge is -2.17. The van der Waals surface area contributed by atoms with Gasteiger partial charge in [0.1, 0.15) is 13.2 Å². The van der Waals surface area contributed by atoms with E-state index in [0.29, 0.717) is 13.2 Å². The molecule has 0 unspecified atom stereocenters. The SMILES string of the molecule is c1ccc2[nH]ccc2c1.c1ccc2c(c1)OCCO2. The molecule has 0 saturated carbocycles. The first-order valence-electron chi connectivity index (χ1n) is 6.30. The van der Waals surface area contributed by atoms with Crippen molar-refractivity contribution in [2.45, 2.75) is 0 Å². The van der Waals surface area contributed by atoms with Gasteiger partial charge >= 0.3 is 0 Å². The monoisotopic (exact) mass is 253 g/mol. The average molecular weight is 253 g/mol. The van der Waals surface area contributed by atoms with E-state index in [0.717, 1.165) is 11.5 Å². The fraction of sp³-hybridized carbons (Fsp3) is 0.125. The predicted molar refractivity (Wildman–Crippen MR) is 75.7 cm³/mol. The van der Waals surface area contributed by atoms with E-state index in [1.165, 1.54) is 10.9 Å². The largest absolute Gasteiger partial charge is 0.486 e.